The fraction of sp³-hybridized carbons (Fsp3) is 0.591. The third-order valence-electron chi connectivity index (χ3n) is 5.45. The van der Waals surface area contributed by atoms with E-state index in [9.17, 15) is 14.4 Å². The quantitative estimate of drug-likeness (QED) is 0.287. The van der Waals surface area contributed by atoms with Gasteiger partial charge in [-0.05, 0) is 46.6 Å². The summed E-state index contributed by atoms with van der Waals surface area (Å²) in [4.78, 5) is 36.8. The van der Waals surface area contributed by atoms with Crippen molar-refractivity contribution >= 4 is 17.7 Å². The first-order valence-corrected chi connectivity index (χ1v) is 9.56. The molecule has 2 rings (SSSR count). The van der Waals surface area contributed by atoms with Gasteiger partial charge in [0.2, 0.25) is 5.78 Å². The molecule has 1 saturated heterocycles. The molecule has 1 heterocycles. The molecule has 0 aromatic carbocycles. The molecule has 0 amide bonds. The molecule has 0 radical (unpaired) electrons. The third-order valence-corrected chi connectivity index (χ3v) is 5.45. The lowest BCUT2D eigenvalue weighted by molar-refractivity contribution is -0.159. The number of Topliss-reactive ketones (excluding diaryl/α,β-unsaturated/α-hetero) is 1. The highest BCUT2D eigenvalue weighted by Crippen LogP contribution is 2.50. The maximum Gasteiger partial charge on any atom is 0.333 e. The van der Waals surface area contributed by atoms with Gasteiger partial charge in [0.15, 0.2) is 11.7 Å². The van der Waals surface area contributed by atoms with Gasteiger partial charge in [-0.1, -0.05) is 24.3 Å². The van der Waals surface area contributed by atoms with E-state index >= 15 is 0 Å². The lowest BCUT2D eigenvalue weighted by atomic mass is 9.74. The molecule has 2 fully saturated rings. The Kier molecular flexibility index (Phi) is 6.65. The Morgan fingerprint density at radius 2 is 1.96 bits per heavy atom. The molecule has 28 heavy (non-hydrogen) atoms. The molecule has 6 heteroatoms. The number of esters is 2. The summed E-state index contributed by atoms with van der Waals surface area (Å²) in [7, 11) is 0. The number of carbonyl (C=O) groups is 3. The monoisotopic (exact) mass is 390 g/mol. The molecule has 0 spiro atoms. The largest absolute Gasteiger partial charge is 0.454 e. The van der Waals surface area contributed by atoms with Crippen LogP contribution in [-0.4, -0.2) is 41.6 Å². The Balaban J connectivity index is 2.29. The van der Waals surface area contributed by atoms with Crippen LogP contribution >= 0.6 is 0 Å². The Morgan fingerprint density at radius 1 is 1.32 bits per heavy atom. The highest BCUT2D eigenvalue weighted by atomic mass is 16.6. The van der Waals surface area contributed by atoms with Crippen LogP contribution in [0.25, 0.3) is 0 Å². The van der Waals surface area contributed by atoms with E-state index in [0.717, 1.165) is 5.57 Å². The zero-order valence-corrected chi connectivity index (χ0v) is 17.5. The third kappa shape index (κ3) is 4.61. The predicted octanol–water partition coefficient (Wildman–Crippen LogP) is 3.46. The summed E-state index contributed by atoms with van der Waals surface area (Å²) in [6.45, 7) is 14.5. The van der Waals surface area contributed by atoms with E-state index in [1.54, 1.807) is 26.8 Å². The van der Waals surface area contributed by atoms with Gasteiger partial charge >= 0.3 is 11.9 Å². The normalized spacial score (nSPS) is 30.0. The van der Waals surface area contributed by atoms with Crippen LogP contribution in [0.4, 0.5) is 0 Å². The van der Waals surface area contributed by atoms with Gasteiger partial charge in [0.05, 0.1) is 6.10 Å². The highest BCUT2D eigenvalue weighted by Gasteiger charge is 2.66. The number of carbonyl (C=O) groups excluding carboxylic acids is 3. The van der Waals surface area contributed by atoms with Crippen LogP contribution in [0.3, 0.4) is 0 Å². The molecular weight excluding hydrogens is 360 g/mol. The molecule has 0 aromatic rings. The predicted molar refractivity (Wildman–Crippen MR) is 104 cm³/mol. The Bertz CT molecular complexity index is 742. The first-order valence-electron chi connectivity index (χ1n) is 9.56. The topological polar surface area (TPSA) is 82.2 Å². The second-order valence-corrected chi connectivity index (χ2v) is 7.91. The molecule has 1 unspecified atom stereocenters. The second kappa shape index (κ2) is 8.43. The van der Waals surface area contributed by atoms with Crippen LogP contribution in [0.5, 0.6) is 0 Å². The average molecular weight is 390 g/mol. The maximum atomic E-state index is 12.8. The van der Waals surface area contributed by atoms with Crippen LogP contribution < -0.4 is 0 Å². The lowest BCUT2D eigenvalue weighted by Gasteiger charge is -2.34. The summed E-state index contributed by atoms with van der Waals surface area (Å²) in [5, 5.41) is 0. The Labute approximate surface area is 166 Å². The van der Waals surface area contributed by atoms with Crippen molar-refractivity contribution in [3.05, 3.63) is 35.5 Å². The summed E-state index contributed by atoms with van der Waals surface area (Å²) in [6, 6.07) is 0. The van der Waals surface area contributed by atoms with Crippen molar-refractivity contribution in [1.82, 2.24) is 0 Å². The van der Waals surface area contributed by atoms with Gasteiger partial charge in [-0.25, -0.2) is 4.79 Å². The van der Waals surface area contributed by atoms with E-state index in [2.05, 4.69) is 6.58 Å². The van der Waals surface area contributed by atoms with E-state index in [1.165, 1.54) is 6.92 Å². The van der Waals surface area contributed by atoms with E-state index in [4.69, 9.17) is 14.2 Å². The van der Waals surface area contributed by atoms with Crippen LogP contribution in [0, 0.1) is 5.92 Å². The molecule has 1 aliphatic heterocycles. The summed E-state index contributed by atoms with van der Waals surface area (Å²) >= 11 is 0. The standard InChI is InChI=1S/C22H30O6/c1-8-13(4)21(25)27-17(10-9-12(2)3)14(5)16-11-18-22(7,28-18)20(24)19(16)26-15(6)23/h8-9,16-19H,5,10-11H2,1-4,6-7H3/b13-8-/t16?,17-,18-,19-,22-/m0/s1. The molecule has 154 valence electrons. The van der Waals surface area contributed by atoms with Crippen molar-refractivity contribution in [2.24, 2.45) is 5.92 Å². The molecule has 5 atom stereocenters. The molecule has 0 N–H and O–H groups in total. The van der Waals surface area contributed by atoms with Crippen LogP contribution in [-0.2, 0) is 28.6 Å². The molecule has 0 bridgehead atoms. The highest BCUT2D eigenvalue weighted by molar-refractivity contribution is 5.96. The molecule has 1 aliphatic carbocycles. The molecular formula is C22H30O6. The van der Waals surface area contributed by atoms with Crippen molar-refractivity contribution in [3.63, 3.8) is 0 Å². The maximum absolute atomic E-state index is 12.8. The number of fused-ring (bicyclic) bond motifs is 1. The first kappa shape index (κ1) is 22.1. The van der Waals surface area contributed by atoms with Crippen LogP contribution in [0.2, 0.25) is 0 Å². The smallest absolute Gasteiger partial charge is 0.333 e. The molecule has 1 saturated carbocycles. The Hall–Kier alpha value is -2.21. The van der Waals surface area contributed by atoms with Crippen molar-refractivity contribution in [3.8, 4) is 0 Å². The minimum absolute atomic E-state index is 0.231. The fourth-order valence-corrected chi connectivity index (χ4v) is 3.43. The van der Waals surface area contributed by atoms with Gasteiger partial charge in [0.25, 0.3) is 0 Å². The van der Waals surface area contributed by atoms with E-state index in [-0.39, 0.29) is 11.9 Å². The number of ether oxygens (including phenoxy) is 3. The zero-order valence-electron chi connectivity index (χ0n) is 17.5. The van der Waals surface area contributed by atoms with Crippen LogP contribution in [0.1, 0.15) is 54.4 Å². The number of hydrogen-bond donors (Lipinski definition) is 0. The minimum atomic E-state index is -0.982. The number of epoxide rings is 1. The minimum Gasteiger partial charge on any atom is -0.454 e. The number of rotatable bonds is 7. The molecule has 0 aromatic heterocycles. The van der Waals surface area contributed by atoms with Gasteiger partial charge in [-0.2, -0.15) is 0 Å². The van der Waals surface area contributed by atoms with Gasteiger partial charge in [0, 0.05) is 24.8 Å². The van der Waals surface area contributed by atoms with E-state index in [0.29, 0.717) is 24.0 Å². The summed E-state index contributed by atoms with van der Waals surface area (Å²) < 4.78 is 16.6. The number of ketones is 1. The van der Waals surface area contributed by atoms with Gasteiger partial charge in [-0.3, -0.25) is 9.59 Å². The lowest BCUT2D eigenvalue weighted by Crippen LogP contribution is -2.48. The van der Waals surface area contributed by atoms with Gasteiger partial charge < -0.3 is 14.2 Å². The van der Waals surface area contributed by atoms with E-state index in [1.807, 2.05) is 19.9 Å². The summed E-state index contributed by atoms with van der Waals surface area (Å²) in [5.74, 6) is -1.70. The Morgan fingerprint density at radius 3 is 2.50 bits per heavy atom. The number of hydrogen-bond acceptors (Lipinski definition) is 6. The van der Waals surface area contributed by atoms with Gasteiger partial charge in [0.1, 0.15) is 6.10 Å². The SMILES string of the molecule is C=C(C1C[C@@H]2O[C@]2(C)C(=O)[C@H]1OC(C)=O)[C@H](CC=C(C)C)OC(=O)/C(C)=C\C. The first-order chi connectivity index (χ1) is 13.0. The molecule has 6 nitrogen and oxygen atoms in total. The summed E-state index contributed by atoms with van der Waals surface area (Å²) in [6.07, 6.45) is 2.72. The van der Waals surface area contributed by atoms with Crippen molar-refractivity contribution in [2.75, 3.05) is 0 Å². The van der Waals surface area contributed by atoms with Crippen molar-refractivity contribution < 1.29 is 28.6 Å². The fourth-order valence-electron chi connectivity index (χ4n) is 3.43. The molecule has 2 aliphatic rings. The summed E-state index contributed by atoms with van der Waals surface area (Å²) in [5.41, 5.74) is 1.23. The second-order valence-electron chi connectivity index (χ2n) is 7.91. The van der Waals surface area contributed by atoms with E-state index < -0.39 is 35.7 Å². The van der Waals surface area contributed by atoms with Crippen LogP contribution in [0.15, 0.2) is 35.5 Å². The van der Waals surface area contributed by atoms with Crippen molar-refractivity contribution in [1.29, 1.82) is 0 Å². The van der Waals surface area contributed by atoms with Gasteiger partial charge in [-0.15, -0.1) is 0 Å². The average Bonchev–Trinajstić information content (AvgIpc) is 3.30. The number of allylic oxidation sites excluding steroid dienone is 2. The van der Waals surface area contributed by atoms with Crippen molar-refractivity contribution in [2.45, 2.75) is 78.3 Å². The zero-order chi connectivity index (χ0) is 21.2.